The Balaban J connectivity index is 0.00000337. The van der Waals surface area contributed by atoms with Crippen LogP contribution in [0.25, 0.3) is 0 Å². The first-order chi connectivity index (χ1) is 19.6. The fourth-order valence-corrected chi connectivity index (χ4v) is 5.79. The number of aliphatic hydroxyl groups is 1. The Morgan fingerprint density at radius 1 is 1.10 bits per heavy atom. The van der Waals surface area contributed by atoms with Gasteiger partial charge in [0.1, 0.15) is 25.1 Å². The second-order valence-corrected chi connectivity index (χ2v) is 10.4. The van der Waals surface area contributed by atoms with Gasteiger partial charge in [0.25, 0.3) is 0 Å². The van der Waals surface area contributed by atoms with Crippen LogP contribution < -0.4 is 14.2 Å². The van der Waals surface area contributed by atoms with Gasteiger partial charge < -0.3 is 29.0 Å². The first kappa shape index (κ1) is 28.9. The van der Waals surface area contributed by atoms with Gasteiger partial charge in [0.05, 0.1) is 18.1 Å². The van der Waals surface area contributed by atoms with E-state index >= 15 is 0 Å². The number of carbonyl (C=O) groups excluding carboxylic acids is 1. The van der Waals surface area contributed by atoms with Crippen LogP contribution in [0.3, 0.4) is 0 Å². The first-order valence-corrected chi connectivity index (χ1v) is 13.6. The van der Waals surface area contributed by atoms with Crippen molar-refractivity contribution in [2.24, 2.45) is 0 Å². The van der Waals surface area contributed by atoms with Crippen molar-refractivity contribution in [3.05, 3.63) is 114 Å². The zero-order valence-corrected chi connectivity index (χ0v) is 24.1. The molecule has 3 aliphatic rings. The molecule has 3 atom stereocenters. The maximum absolute atomic E-state index is 12.7. The largest absolute Gasteiger partial charge is 0.491 e. The van der Waals surface area contributed by atoms with Gasteiger partial charge >= 0.3 is 6.09 Å². The fraction of sp³-hybridized carbons (Fsp3) is 0.303. The molecule has 2 heterocycles. The fourth-order valence-electron chi connectivity index (χ4n) is 5.79. The summed E-state index contributed by atoms with van der Waals surface area (Å²) in [5.41, 5.74) is 3.69. The standard InChI is InChI=1S/C33H32NO6.Pd/c1-2-18-37-32(36)34-17-16-33-15-14-26(35)19-29(33)40-31-28(13-10-25(20-34)30(31)33)39-22-24-8-11-27(12-9-24)38-21-23-6-4-3-5-7-23;/h2,4-15,26,29,35H,1,16-22H2;/q-1;/t26-,29-,33-;/m0./s1. The van der Waals surface area contributed by atoms with Crippen LogP contribution in [-0.2, 0) is 50.3 Å². The van der Waals surface area contributed by atoms with Gasteiger partial charge in [0, 0.05) is 45.5 Å². The van der Waals surface area contributed by atoms with Crippen LogP contribution in [0, 0.1) is 6.07 Å². The normalized spacial score (nSPS) is 21.8. The SMILES string of the molecule is C=CCOC(=O)N1CC[C@@]23C=C[C@H](O)C[C@@H]2Oc2c(OCc4ccc(OCc5cc[c-]cc5)cc4)ccc(c23)C1.[Pd]. The monoisotopic (exact) mass is 644 g/mol. The minimum Gasteiger partial charge on any atom is -0.491 e. The predicted octanol–water partition coefficient (Wildman–Crippen LogP) is 5.49. The van der Waals surface area contributed by atoms with Crippen molar-refractivity contribution >= 4 is 6.09 Å². The van der Waals surface area contributed by atoms with Crippen LogP contribution in [-0.4, -0.2) is 41.5 Å². The summed E-state index contributed by atoms with van der Waals surface area (Å²) in [6.45, 7) is 5.58. The zero-order chi connectivity index (χ0) is 27.5. The number of ether oxygens (including phenoxy) is 4. The molecule has 1 spiro atoms. The first-order valence-electron chi connectivity index (χ1n) is 13.6. The molecule has 0 radical (unpaired) electrons. The molecule has 0 unspecified atom stereocenters. The second-order valence-electron chi connectivity index (χ2n) is 10.4. The Morgan fingerprint density at radius 2 is 1.85 bits per heavy atom. The summed E-state index contributed by atoms with van der Waals surface area (Å²) < 4.78 is 24.1. The number of hydrogen-bond donors (Lipinski definition) is 1. The van der Waals surface area contributed by atoms with Gasteiger partial charge in [-0.15, -0.1) is 5.56 Å². The van der Waals surface area contributed by atoms with E-state index in [2.05, 4.69) is 18.7 Å². The molecule has 6 rings (SSSR count). The van der Waals surface area contributed by atoms with E-state index in [1.807, 2.05) is 66.7 Å². The topological polar surface area (TPSA) is 77.5 Å². The smallest absolute Gasteiger partial charge is 0.410 e. The van der Waals surface area contributed by atoms with Crippen LogP contribution in [0.4, 0.5) is 4.79 Å². The average Bonchev–Trinajstić information content (AvgIpc) is 3.22. The van der Waals surface area contributed by atoms with E-state index < -0.39 is 11.5 Å². The van der Waals surface area contributed by atoms with E-state index in [9.17, 15) is 9.90 Å². The molecule has 1 N–H and O–H groups in total. The Labute approximate surface area is 254 Å². The van der Waals surface area contributed by atoms with Crippen molar-refractivity contribution < 1.29 is 49.3 Å². The summed E-state index contributed by atoms with van der Waals surface area (Å²) in [5, 5.41) is 10.4. The van der Waals surface area contributed by atoms with E-state index in [4.69, 9.17) is 18.9 Å². The molecule has 7 nitrogen and oxygen atoms in total. The molecule has 1 aliphatic carbocycles. The molecule has 216 valence electrons. The number of amides is 1. The average molecular weight is 645 g/mol. The predicted molar refractivity (Wildman–Crippen MR) is 149 cm³/mol. The quantitative estimate of drug-likeness (QED) is 0.199. The van der Waals surface area contributed by atoms with Gasteiger partial charge in [-0.3, -0.25) is 0 Å². The molecular weight excluding hydrogens is 613 g/mol. The van der Waals surface area contributed by atoms with Gasteiger partial charge in [-0.2, -0.15) is 30.3 Å². The zero-order valence-electron chi connectivity index (χ0n) is 22.6. The number of benzene rings is 3. The van der Waals surface area contributed by atoms with Crippen molar-refractivity contribution in [1.82, 2.24) is 4.90 Å². The summed E-state index contributed by atoms with van der Waals surface area (Å²) >= 11 is 0. The minimum absolute atomic E-state index is 0. The van der Waals surface area contributed by atoms with E-state index in [-0.39, 0.29) is 39.2 Å². The summed E-state index contributed by atoms with van der Waals surface area (Å²) in [7, 11) is 0. The number of carbonyl (C=O) groups is 1. The molecular formula is C33H32NO6Pd-. The van der Waals surface area contributed by atoms with Crippen LogP contribution in [0.1, 0.15) is 35.1 Å². The number of aliphatic hydroxyl groups excluding tert-OH is 1. The van der Waals surface area contributed by atoms with E-state index in [1.165, 1.54) is 0 Å². The van der Waals surface area contributed by atoms with E-state index in [0.29, 0.717) is 50.6 Å². The van der Waals surface area contributed by atoms with Gasteiger partial charge in [-0.25, -0.2) is 4.79 Å². The van der Waals surface area contributed by atoms with Crippen molar-refractivity contribution in [1.29, 1.82) is 0 Å². The molecule has 3 aromatic carbocycles. The van der Waals surface area contributed by atoms with Crippen LogP contribution in [0.5, 0.6) is 17.2 Å². The number of rotatable bonds is 8. The van der Waals surface area contributed by atoms with Crippen LogP contribution in [0.2, 0.25) is 0 Å². The molecule has 41 heavy (non-hydrogen) atoms. The second kappa shape index (κ2) is 12.5. The Morgan fingerprint density at radius 3 is 2.63 bits per heavy atom. The van der Waals surface area contributed by atoms with Gasteiger partial charge in [0.15, 0.2) is 11.5 Å². The molecule has 0 saturated carbocycles. The third kappa shape index (κ3) is 5.92. The summed E-state index contributed by atoms with van der Waals surface area (Å²) in [6.07, 6.45) is 5.44. The van der Waals surface area contributed by atoms with Crippen molar-refractivity contribution in [2.45, 2.75) is 50.2 Å². The molecule has 1 amide bonds. The number of nitrogens with zero attached hydrogens (tertiary/aromatic N) is 1. The Hall–Kier alpha value is -3.57. The molecule has 0 aromatic heterocycles. The third-order valence-corrected chi connectivity index (χ3v) is 7.83. The van der Waals surface area contributed by atoms with E-state index in [1.54, 1.807) is 11.0 Å². The summed E-state index contributed by atoms with van der Waals surface area (Å²) in [5.74, 6) is 2.14. The molecule has 0 fully saturated rings. The van der Waals surface area contributed by atoms with Crippen LogP contribution >= 0.6 is 0 Å². The molecule has 0 saturated heterocycles. The Bertz CT molecular complexity index is 1410. The summed E-state index contributed by atoms with van der Waals surface area (Å²) in [6, 6.07) is 22.5. The number of hydrogen-bond acceptors (Lipinski definition) is 6. The molecule has 2 aliphatic heterocycles. The molecule has 0 bridgehead atoms. The van der Waals surface area contributed by atoms with Gasteiger partial charge in [0.2, 0.25) is 0 Å². The van der Waals surface area contributed by atoms with Crippen molar-refractivity contribution in [2.75, 3.05) is 13.2 Å². The van der Waals surface area contributed by atoms with Crippen molar-refractivity contribution in [3.8, 4) is 17.2 Å². The van der Waals surface area contributed by atoms with Gasteiger partial charge in [-0.05, 0) is 35.7 Å². The maximum atomic E-state index is 12.7. The van der Waals surface area contributed by atoms with Crippen LogP contribution in [0.15, 0.2) is 85.5 Å². The molecule has 3 aromatic rings. The third-order valence-electron chi connectivity index (χ3n) is 7.83. The Kier molecular flexibility index (Phi) is 8.84. The van der Waals surface area contributed by atoms with E-state index in [0.717, 1.165) is 28.0 Å². The summed E-state index contributed by atoms with van der Waals surface area (Å²) in [4.78, 5) is 14.5. The molecule has 8 heteroatoms. The maximum Gasteiger partial charge on any atom is 0.410 e. The van der Waals surface area contributed by atoms with Crippen molar-refractivity contribution in [3.63, 3.8) is 0 Å². The van der Waals surface area contributed by atoms with Gasteiger partial charge in [-0.1, -0.05) is 43.0 Å². The minimum atomic E-state index is -0.573.